The summed E-state index contributed by atoms with van der Waals surface area (Å²) in [6.45, 7) is -0.643. The van der Waals surface area contributed by atoms with Crippen LogP contribution in [0.15, 0.2) is 30.3 Å². The minimum Gasteiger partial charge on any atom is -0.545 e. The number of carboxylic acid groups (broad SMARTS) is 1. The van der Waals surface area contributed by atoms with Gasteiger partial charge in [0.15, 0.2) is 11.5 Å². The number of aromatic carboxylic acids is 1. The third-order valence-corrected chi connectivity index (χ3v) is 5.61. The Kier molecular flexibility index (Phi) is 10.6. The average molecular weight is 502 g/mol. The molecular weight excluding hydrogens is 475 g/mol. The van der Waals surface area contributed by atoms with Gasteiger partial charge in [-0.25, -0.2) is 0 Å². The summed E-state index contributed by atoms with van der Waals surface area (Å²) in [5.41, 5.74) is 0.581. The summed E-state index contributed by atoms with van der Waals surface area (Å²) in [6, 6.07) is 7.59. The van der Waals surface area contributed by atoms with Crippen LogP contribution in [0.3, 0.4) is 0 Å². The van der Waals surface area contributed by atoms with Gasteiger partial charge in [0.25, 0.3) is 0 Å². The second-order valence-electron chi connectivity index (χ2n) is 7.77. The maximum absolute atomic E-state index is 11.7. The molecule has 1 fully saturated rings. The van der Waals surface area contributed by atoms with E-state index in [4.69, 9.17) is 18.9 Å². The molecule has 1 aliphatic heterocycles. The zero-order valence-electron chi connectivity index (χ0n) is 19.6. The molecule has 1 unspecified atom stereocenters. The van der Waals surface area contributed by atoms with E-state index in [1.807, 2.05) is 0 Å². The maximum Gasteiger partial charge on any atom is 1.00 e. The summed E-state index contributed by atoms with van der Waals surface area (Å²) in [5, 5.41) is 61.3. The number of phenols is 1. The van der Waals surface area contributed by atoms with E-state index in [0.29, 0.717) is 17.9 Å². The predicted octanol–water partition coefficient (Wildman–Crippen LogP) is -4.26. The predicted molar refractivity (Wildman–Crippen MR) is 114 cm³/mol. The van der Waals surface area contributed by atoms with Crippen molar-refractivity contribution in [1.82, 2.24) is 0 Å². The zero-order chi connectivity index (χ0) is 25.0. The Balaban J connectivity index is 0.00000432. The van der Waals surface area contributed by atoms with Gasteiger partial charge in [-0.05, 0) is 42.2 Å². The number of aliphatic hydroxyl groups excluding tert-OH is 4. The van der Waals surface area contributed by atoms with E-state index in [1.54, 1.807) is 18.2 Å². The van der Waals surface area contributed by atoms with Crippen LogP contribution >= 0.6 is 0 Å². The van der Waals surface area contributed by atoms with E-state index in [0.717, 1.165) is 11.6 Å². The van der Waals surface area contributed by atoms with E-state index in [1.165, 1.54) is 20.3 Å². The Morgan fingerprint density at radius 1 is 1.00 bits per heavy atom. The quantitative estimate of drug-likeness (QED) is 0.210. The molecule has 0 spiro atoms. The Morgan fingerprint density at radius 2 is 1.69 bits per heavy atom. The Hall–Kier alpha value is -2.09. The molecule has 1 saturated heterocycles. The number of aliphatic hydroxyl groups is 4. The van der Waals surface area contributed by atoms with Crippen molar-refractivity contribution in [2.24, 2.45) is 0 Å². The van der Waals surface area contributed by atoms with Gasteiger partial charge in [0.05, 0.1) is 26.8 Å². The van der Waals surface area contributed by atoms with Gasteiger partial charge in [0.1, 0.15) is 35.9 Å². The molecule has 5 N–H and O–H groups in total. The van der Waals surface area contributed by atoms with Gasteiger partial charge in [-0.15, -0.1) is 0 Å². The molecule has 3 rings (SSSR count). The molecule has 35 heavy (non-hydrogen) atoms. The number of benzene rings is 2. The first-order valence-corrected chi connectivity index (χ1v) is 10.5. The normalized spacial score (nSPS) is 23.8. The summed E-state index contributed by atoms with van der Waals surface area (Å²) in [6.07, 6.45) is -7.05. The van der Waals surface area contributed by atoms with Crippen LogP contribution in [0.2, 0.25) is 0 Å². The van der Waals surface area contributed by atoms with E-state index >= 15 is 0 Å². The SMILES string of the molecule is COc1ccc(CCc2cc(OC3O[C@H](CO)[C@@H](O)[C@H](O)[C@H]3O)cc(O)c2C(=O)[O-])cc1OC.[Na+]. The summed E-state index contributed by atoms with van der Waals surface area (Å²) >= 11 is 0. The van der Waals surface area contributed by atoms with Crippen LogP contribution in [-0.4, -0.2) is 83.0 Å². The van der Waals surface area contributed by atoms with E-state index < -0.39 is 54.6 Å². The van der Waals surface area contributed by atoms with Gasteiger partial charge in [0, 0.05) is 11.6 Å². The summed E-state index contributed by atoms with van der Waals surface area (Å²) in [5.74, 6) is -1.23. The van der Waals surface area contributed by atoms with Crippen LogP contribution < -0.4 is 48.9 Å². The molecule has 1 heterocycles. The Labute approximate surface area is 223 Å². The zero-order valence-corrected chi connectivity index (χ0v) is 21.6. The number of ether oxygens (including phenoxy) is 4. The monoisotopic (exact) mass is 502 g/mol. The minimum absolute atomic E-state index is 0. The smallest absolute Gasteiger partial charge is 0.545 e. The number of aromatic hydroxyl groups is 1. The third kappa shape index (κ3) is 6.57. The van der Waals surface area contributed by atoms with Crippen LogP contribution in [0.5, 0.6) is 23.0 Å². The number of aryl methyl sites for hydroxylation is 2. The summed E-state index contributed by atoms with van der Waals surface area (Å²) < 4.78 is 21.3. The number of carbonyl (C=O) groups excluding carboxylic acids is 1. The van der Waals surface area contributed by atoms with E-state index in [2.05, 4.69) is 0 Å². The van der Waals surface area contributed by atoms with Gasteiger partial charge < -0.3 is 54.4 Å². The molecule has 0 aromatic heterocycles. The molecule has 0 radical (unpaired) electrons. The first-order chi connectivity index (χ1) is 16.2. The number of hydrogen-bond acceptors (Lipinski definition) is 11. The van der Waals surface area contributed by atoms with Gasteiger partial charge in [-0.1, -0.05) is 6.07 Å². The average Bonchev–Trinajstić information content (AvgIpc) is 2.82. The van der Waals surface area contributed by atoms with Crippen LogP contribution in [0, 0.1) is 0 Å². The molecule has 1 aliphatic rings. The number of methoxy groups -OCH3 is 2. The fourth-order valence-corrected chi connectivity index (χ4v) is 3.77. The molecule has 12 heteroatoms. The number of carboxylic acids is 1. The molecule has 2 aromatic rings. The van der Waals surface area contributed by atoms with Crippen molar-refractivity contribution in [2.75, 3.05) is 20.8 Å². The van der Waals surface area contributed by atoms with E-state index in [9.17, 15) is 35.4 Å². The van der Waals surface area contributed by atoms with Crippen molar-refractivity contribution >= 4 is 5.97 Å². The molecule has 186 valence electrons. The van der Waals surface area contributed by atoms with E-state index in [-0.39, 0.29) is 47.3 Å². The van der Waals surface area contributed by atoms with Crippen molar-refractivity contribution in [1.29, 1.82) is 0 Å². The second kappa shape index (κ2) is 12.7. The van der Waals surface area contributed by atoms with Crippen LogP contribution in [0.4, 0.5) is 0 Å². The Morgan fingerprint density at radius 3 is 2.29 bits per heavy atom. The fraction of sp³-hybridized carbons (Fsp3) is 0.435. The van der Waals surface area contributed by atoms with Crippen molar-refractivity contribution in [2.45, 2.75) is 43.5 Å². The number of rotatable bonds is 9. The van der Waals surface area contributed by atoms with Crippen molar-refractivity contribution < 1.29 is 83.9 Å². The van der Waals surface area contributed by atoms with Crippen molar-refractivity contribution in [3.05, 3.63) is 47.0 Å². The molecule has 5 atom stereocenters. The third-order valence-electron chi connectivity index (χ3n) is 5.61. The van der Waals surface area contributed by atoms with Crippen LogP contribution in [0.25, 0.3) is 0 Å². The summed E-state index contributed by atoms with van der Waals surface area (Å²) in [7, 11) is 3.00. The molecule has 0 amide bonds. The number of hydrogen-bond donors (Lipinski definition) is 5. The van der Waals surface area contributed by atoms with Gasteiger partial charge in [-0.2, -0.15) is 0 Å². The molecular formula is C23H27NaO11. The standard InChI is InChI=1S/C23H28O11.Na/c1-31-15-6-4-11(7-16(15)32-2)3-5-12-8-13(9-14(25)18(12)22(29)30)33-23-21(28)20(27)19(26)17(10-24)34-23;/h4,6-9,17,19-21,23-28H,3,5,10H2,1-2H3,(H,29,30);/q;+1/p-1/t17-,19-,20+,21-,23?;/m1./s1. The van der Waals surface area contributed by atoms with Crippen LogP contribution in [-0.2, 0) is 17.6 Å². The van der Waals surface area contributed by atoms with Gasteiger partial charge in [-0.3, -0.25) is 0 Å². The maximum atomic E-state index is 11.7. The van der Waals surface area contributed by atoms with Crippen molar-refractivity contribution in [3.63, 3.8) is 0 Å². The van der Waals surface area contributed by atoms with Gasteiger partial charge in [0.2, 0.25) is 6.29 Å². The fourth-order valence-electron chi connectivity index (χ4n) is 3.77. The minimum atomic E-state index is -1.67. The first kappa shape index (κ1) is 29.1. The second-order valence-corrected chi connectivity index (χ2v) is 7.77. The topological polar surface area (TPSA) is 178 Å². The largest absolute Gasteiger partial charge is 1.00 e. The van der Waals surface area contributed by atoms with Gasteiger partial charge >= 0.3 is 29.6 Å². The Bertz CT molecular complexity index is 1010. The molecule has 0 aliphatic carbocycles. The number of carbonyl (C=O) groups is 1. The molecule has 0 saturated carbocycles. The first-order valence-electron chi connectivity index (χ1n) is 10.5. The molecule has 2 aromatic carbocycles. The summed E-state index contributed by atoms with van der Waals surface area (Å²) in [4.78, 5) is 11.7. The molecule has 0 bridgehead atoms. The molecule has 11 nitrogen and oxygen atoms in total. The van der Waals surface area contributed by atoms with Crippen LogP contribution in [0.1, 0.15) is 21.5 Å². The van der Waals surface area contributed by atoms with Crippen molar-refractivity contribution in [3.8, 4) is 23.0 Å².